The zero-order valence-corrected chi connectivity index (χ0v) is 20.6. The van der Waals surface area contributed by atoms with Crippen LogP contribution in [0, 0.1) is 0 Å². The minimum atomic E-state index is -0.787. The van der Waals surface area contributed by atoms with E-state index in [1.165, 1.54) is 6.08 Å². The van der Waals surface area contributed by atoms with Crippen LogP contribution >= 0.6 is 15.9 Å². The third kappa shape index (κ3) is 3.95. The zero-order valence-electron chi connectivity index (χ0n) is 19.0. The van der Waals surface area contributed by atoms with Crippen molar-refractivity contribution in [2.75, 3.05) is 24.0 Å². The number of nitrogens with zero attached hydrogens (tertiary/aromatic N) is 2. The molecule has 33 heavy (non-hydrogen) atoms. The number of ether oxygens (including phenoxy) is 1. The maximum absolute atomic E-state index is 13.2. The molecular weight excluding hydrogens is 486 g/mol. The molecule has 0 bridgehead atoms. The second kappa shape index (κ2) is 8.19. The summed E-state index contributed by atoms with van der Waals surface area (Å²) < 4.78 is 6.41. The van der Waals surface area contributed by atoms with E-state index in [0.29, 0.717) is 17.0 Å². The van der Waals surface area contributed by atoms with Crippen molar-refractivity contribution in [3.8, 4) is 5.75 Å². The Bertz CT molecular complexity index is 1250. The van der Waals surface area contributed by atoms with Gasteiger partial charge < -0.3 is 9.64 Å². The number of barbiturate groups is 1. The molecule has 2 aliphatic rings. The number of allylic oxidation sites excluding steroid dienone is 1. The standard InChI is InChI=1S/C25H24BrN3O4/c1-14-13-25(2,3)28(4)20-12-21(33-5)15(10-18(14)20)11-19-22(30)27-24(32)29(23(19)31)17-8-6-16(26)7-9-17/h6-13H,1-5H3,(H,27,30,32)/b19-11-. The van der Waals surface area contributed by atoms with Gasteiger partial charge >= 0.3 is 6.03 Å². The highest BCUT2D eigenvalue weighted by Crippen LogP contribution is 2.42. The number of amides is 4. The van der Waals surface area contributed by atoms with E-state index in [9.17, 15) is 14.4 Å². The fourth-order valence-corrected chi connectivity index (χ4v) is 4.39. The average Bonchev–Trinajstić information content (AvgIpc) is 2.75. The van der Waals surface area contributed by atoms with Crippen molar-refractivity contribution in [1.82, 2.24) is 5.32 Å². The summed E-state index contributed by atoms with van der Waals surface area (Å²) in [5.41, 5.74) is 3.66. The van der Waals surface area contributed by atoms with Crippen LogP contribution in [0.2, 0.25) is 0 Å². The molecule has 0 saturated carbocycles. The lowest BCUT2D eigenvalue weighted by Gasteiger charge is -2.41. The molecular formula is C25H24BrN3O4. The number of carbonyl (C=O) groups excluding carboxylic acids is 3. The number of fused-ring (bicyclic) bond motifs is 1. The summed E-state index contributed by atoms with van der Waals surface area (Å²) in [6, 6.07) is 9.71. The number of halogens is 1. The van der Waals surface area contributed by atoms with E-state index in [1.54, 1.807) is 31.4 Å². The first-order chi connectivity index (χ1) is 15.5. The molecule has 0 unspecified atom stereocenters. The molecule has 2 aliphatic heterocycles. The van der Waals surface area contributed by atoms with Gasteiger partial charge in [0.2, 0.25) is 0 Å². The Morgan fingerprint density at radius 1 is 1.09 bits per heavy atom. The van der Waals surface area contributed by atoms with Crippen molar-refractivity contribution >= 4 is 56.8 Å². The minimum absolute atomic E-state index is 0.151. The fourth-order valence-electron chi connectivity index (χ4n) is 4.12. The van der Waals surface area contributed by atoms with E-state index >= 15 is 0 Å². The molecule has 0 aliphatic carbocycles. The van der Waals surface area contributed by atoms with E-state index in [1.807, 2.05) is 26.1 Å². The molecule has 8 heteroatoms. The van der Waals surface area contributed by atoms with Gasteiger partial charge in [0.1, 0.15) is 11.3 Å². The number of nitrogens with one attached hydrogen (secondary N) is 1. The molecule has 2 aromatic carbocycles. The molecule has 170 valence electrons. The van der Waals surface area contributed by atoms with Crippen molar-refractivity contribution in [3.05, 3.63) is 63.6 Å². The van der Waals surface area contributed by atoms with Gasteiger partial charge in [-0.25, -0.2) is 9.69 Å². The number of rotatable bonds is 3. The zero-order chi connectivity index (χ0) is 24.1. The topological polar surface area (TPSA) is 79.0 Å². The largest absolute Gasteiger partial charge is 0.496 e. The monoisotopic (exact) mass is 509 g/mol. The number of urea groups is 1. The van der Waals surface area contributed by atoms with Crippen molar-refractivity contribution in [1.29, 1.82) is 0 Å². The van der Waals surface area contributed by atoms with Gasteiger partial charge in [-0.2, -0.15) is 0 Å². The Kier molecular flexibility index (Phi) is 5.66. The highest BCUT2D eigenvalue weighted by molar-refractivity contribution is 9.10. The number of benzene rings is 2. The SMILES string of the molecule is COc1cc2c(cc1/C=C1/C(=O)NC(=O)N(c3ccc(Br)cc3)C1=O)C(C)=CC(C)(C)N2C. The van der Waals surface area contributed by atoms with Gasteiger partial charge in [-0.05, 0) is 62.8 Å². The first kappa shape index (κ1) is 22.8. The Balaban J connectivity index is 1.81. The maximum atomic E-state index is 13.2. The van der Waals surface area contributed by atoms with Gasteiger partial charge in [0.25, 0.3) is 11.8 Å². The third-order valence-corrected chi connectivity index (χ3v) is 6.58. The molecule has 4 rings (SSSR count). The lowest BCUT2D eigenvalue weighted by atomic mass is 9.88. The van der Waals surface area contributed by atoms with E-state index in [-0.39, 0.29) is 11.1 Å². The van der Waals surface area contributed by atoms with Crippen LogP contribution in [0.15, 0.2) is 52.5 Å². The third-order valence-electron chi connectivity index (χ3n) is 6.05. The molecule has 1 N–H and O–H groups in total. The van der Waals surface area contributed by atoms with Crippen LogP contribution in [-0.4, -0.2) is 37.5 Å². The first-order valence-electron chi connectivity index (χ1n) is 10.4. The Morgan fingerprint density at radius 2 is 1.76 bits per heavy atom. The molecule has 1 saturated heterocycles. The van der Waals surface area contributed by atoms with Gasteiger partial charge in [0, 0.05) is 34.4 Å². The highest BCUT2D eigenvalue weighted by atomic mass is 79.9. The Labute approximate surface area is 200 Å². The fraction of sp³-hybridized carbons (Fsp3) is 0.240. The second-order valence-electron chi connectivity index (χ2n) is 8.59. The summed E-state index contributed by atoms with van der Waals surface area (Å²) in [4.78, 5) is 41.4. The number of imide groups is 2. The van der Waals surface area contributed by atoms with Gasteiger partial charge in [-0.1, -0.05) is 22.0 Å². The maximum Gasteiger partial charge on any atom is 0.335 e. The molecule has 0 radical (unpaired) electrons. The molecule has 4 amide bonds. The highest BCUT2D eigenvalue weighted by Gasteiger charge is 2.37. The van der Waals surface area contributed by atoms with Gasteiger partial charge in [0.15, 0.2) is 0 Å². The van der Waals surface area contributed by atoms with Crippen LogP contribution in [0.5, 0.6) is 5.75 Å². The predicted molar refractivity (Wildman–Crippen MR) is 132 cm³/mol. The molecule has 0 spiro atoms. The molecule has 0 atom stereocenters. The lowest BCUT2D eigenvalue weighted by molar-refractivity contribution is -0.122. The van der Waals surface area contributed by atoms with Crippen molar-refractivity contribution in [2.24, 2.45) is 0 Å². The summed E-state index contributed by atoms with van der Waals surface area (Å²) in [6.45, 7) is 6.28. The van der Waals surface area contributed by atoms with Crippen molar-refractivity contribution in [3.63, 3.8) is 0 Å². The van der Waals surface area contributed by atoms with Crippen molar-refractivity contribution in [2.45, 2.75) is 26.3 Å². The van der Waals surface area contributed by atoms with E-state index < -0.39 is 17.8 Å². The second-order valence-corrected chi connectivity index (χ2v) is 9.50. The van der Waals surface area contributed by atoms with Crippen LogP contribution in [0.4, 0.5) is 16.2 Å². The van der Waals surface area contributed by atoms with Gasteiger partial charge in [-0.15, -0.1) is 0 Å². The van der Waals surface area contributed by atoms with Crippen molar-refractivity contribution < 1.29 is 19.1 Å². The molecule has 2 aromatic rings. The number of anilines is 2. The van der Waals surface area contributed by atoms with E-state index in [0.717, 1.165) is 26.2 Å². The van der Waals surface area contributed by atoms with Crippen LogP contribution in [-0.2, 0) is 9.59 Å². The number of carbonyl (C=O) groups is 3. The first-order valence-corrected chi connectivity index (χ1v) is 11.2. The van der Waals surface area contributed by atoms with Gasteiger partial charge in [-0.3, -0.25) is 14.9 Å². The Morgan fingerprint density at radius 3 is 2.39 bits per heavy atom. The molecule has 2 heterocycles. The molecule has 0 aromatic heterocycles. The predicted octanol–water partition coefficient (Wildman–Crippen LogP) is 4.76. The van der Waals surface area contributed by atoms with E-state index in [4.69, 9.17) is 4.74 Å². The Hall–Kier alpha value is -3.39. The molecule has 7 nitrogen and oxygen atoms in total. The summed E-state index contributed by atoms with van der Waals surface area (Å²) in [6.07, 6.45) is 3.65. The molecule has 1 fully saturated rings. The number of hydrogen-bond acceptors (Lipinski definition) is 5. The van der Waals surface area contributed by atoms with E-state index in [2.05, 4.69) is 46.1 Å². The van der Waals surface area contributed by atoms with Crippen LogP contribution in [0.1, 0.15) is 31.9 Å². The lowest BCUT2D eigenvalue weighted by Crippen LogP contribution is -2.54. The average molecular weight is 510 g/mol. The summed E-state index contributed by atoms with van der Waals surface area (Å²) in [7, 11) is 3.56. The van der Waals surface area contributed by atoms with Crippen LogP contribution in [0.3, 0.4) is 0 Å². The number of likely N-dealkylation sites (N-methyl/N-ethyl adjacent to an activating group) is 1. The normalized spacial score (nSPS) is 18.8. The van der Waals surface area contributed by atoms with Gasteiger partial charge in [0.05, 0.1) is 18.3 Å². The van der Waals surface area contributed by atoms with Crippen LogP contribution in [0.25, 0.3) is 11.6 Å². The minimum Gasteiger partial charge on any atom is -0.496 e. The number of methoxy groups -OCH3 is 1. The number of hydrogen-bond donors (Lipinski definition) is 1. The summed E-state index contributed by atoms with van der Waals surface area (Å²) in [5, 5.41) is 2.26. The smallest absolute Gasteiger partial charge is 0.335 e. The summed E-state index contributed by atoms with van der Waals surface area (Å²) in [5.74, 6) is -0.925. The summed E-state index contributed by atoms with van der Waals surface area (Å²) >= 11 is 3.34. The van der Waals surface area contributed by atoms with Crippen LogP contribution < -0.4 is 19.9 Å². The quantitative estimate of drug-likeness (QED) is 0.476.